The van der Waals surface area contributed by atoms with E-state index in [1.807, 2.05) is 6.07 Å². The number of nitrogens with zero attached hydrogens (tertiary/aromatic N) is 1. The summed E-state index contributed by atoms with van der Waals surface area (Å²) in [6.45, 7) is 1.98. The lowest BCUT2D eigenvalue weighted by Crippen LogP contribution is -2.26. The van der Waals surface area contributed by atoms with Crippen molar-refractivity contribution >= 4 is 11.6 Å². The van der Waals surface area contributed by atoms with Gasteiger partial charge in [0, 0.05) is 12.5 Å². The van der Waals surface area contributed by atoms with Crippen molar-refractivity contribution in [1.29, 1.82) is 5.26 Å². The third kappa shape index (κ3) is 3.61. The van der Waals surface area contributed by atoms with E-state index in [1.54, 1.807) is 18.2 Å². The predicted octanol–water partition coefficient (Wildman–Crippen LogP) is 2.74. The smallest absolute Gasteiger partial charge is 0.160 e. The minimum Gasteiger partial charge on any atom is -0.493 e. The lowest BCUT2D eigenvalue weighted by Gasteiger charge is -2.23. The number of benzene rings is 1. The Morgan fingerprint density at radius 3 is 2.83 bits per heavy atom. The Hall–Kier alpha value is -1.28. The number of hydrogen-bond donors (Lipinski definition) is 0. The van der Waals surface area contributed by atoms with Gasteiger partial charge in [-0.3, -0.25) is 0 Å². The normalized spacial score (nSPS) is 16.2. The second-order valence-corrected chi connectivity index (χ2v) is 4.32. The van der Waals surface area contributed by atoms with Crippen LogP contribution in [0.2, 0.25) is 5.02 Å². The van der Waals surface area contributed by atoms with Crippen molar-refractivity contribution in [2.24, 2.45) is 0 Å². The summed E-state index contributed by atoms with van der Waals surface area (Å²) in [5.41, 5.74) is 0.447. The fourth-order valence-electron chi connectivity index (χ4n) is 1.65. The number of rotatable bonds is 4. The van der Waals surface area contributed by atoms with Crippen molar-refractivity contribution in [2.45, 2.75) is 19.1 Å². The first kappa shape index (κ1) is 13.2. The highest BCUT2D eigenvalue weighted by Gasteiger charge is 2.13. The van der Waals surface area contributed by atoms with Crippen LogP contribution in [0.3, 0.4) is 0 Å². The number of nitriles is 1. The van der Waals surface area contributed by atoms with E-state index in [-0.39, 0.29) is 6.29 Å². The van der Waals surface area contributed by atoms with Crippen LogP contribution in [-0.2, 0) is 9.47 Å². The summed E-state index contributed by atoms with van der Waals surface area (Å²) in [7, 11) is 0. The third-order valence-electron chi connectivity index (χ3n) is 2.58. The van der Waals surface area contributed by atoms with Crippen molar-refractivity contribution in [3.63, 3.8) is 0 Å². The van der Waals surface area contributed by atoms with Gasteiger partial charge in [0.15, 0.2) is 6.29 Å². The zero-order chi connectivity index (χ0) is 12.8. The van der Waals surface area contributed by atoms with Gasteiger partial charge < -0.3 is 14.2 Å². The Kier molecular flexibility index (Phi) is 4.82. The highest BCUT2D eigenvalue weighted by molar-refractivity contribution is 6.31. The van der Waals surface area contributed by atoms with E-state index >= 15 is 0 Å². The molecule has 0 unspecified atom stereocenters. The van der Waals surface area contributed by atoms with Crippen molar-refractivity contribution in [2.75, 3.05) is 19.8 Å². The first-order valence-electron chi connectivity index (χ1n) is 5.85. The van der Waals surface area contributed by atoms with E-state index in [9.17, 15) is 0 Å². The molecule has 4 nitrogen and oxygen atoms in total. The molecule has 1 fully saturated rings. The molecule has 5 heteroatoms. The van der Waals surface area contributed by atoms with Crippen LogP contribution >= 0.6 is 11.6 Å². The van der Waals surface area contributed by atoms with E-state index in [0.29, 0.717) is 29.4 Å². The van der Waals surface area contributed by atoms with Crippen LogP contribution in [0.4, 0.5) is 0 Å². The first-order chi connectivity index (χ1) is 8.79. The van der Waals surface area contributed by atoms with Crippen molar-refractivity contribution in [1.82, 2.24) is 0 Å². The predicted molar refractivity (Wildman–Crippen MR) is 66.6 cm³/mol. The van der Waals surface area contributed by atoms with Gasteiger partial charge in [-0.1, -0.05) is 11.6 Å². The average molecular weight is 268 g/mol. The minimum absolute atomic E-state index is 0.174. The maximum atomic E-state index is 8.75. The molecule has 1 heterocycles. The van der Waals surface area contributed by atoms with Crippen molar-refractivity contribution < 1.29 is 14.2 Å². The number of hydrogen-bond acceptors (Lipinski definition) is 4. The molecule has 0 aromatic heterocycles. The second-order valence-electron chi connectivity index (χ2n) is 3.92. The molecule has 1 aromatic carbocycles. The molecule has 0 bridgehead atoms. The van der Waals surface area contributed by atoms with Crippen LogP contribution in [0.5, 0.6) is 5.75 Å². The van der Waals surface area contributed by atoms with Crippen LogP contribution < -0.4 is 4.74 Å². The van der Waals surface area contributed by atoms with Gasteiger partial charge in [0.25, 0.3) is 0 Å². The Morgan fingerprint density at radius 2 is 2.17 bits per heavy atom. The Bertz CT molecular complexity index is 438. The topological polar surface area (TPSA) is 51.5 Å². The Balaban J connectivity index is 1.79. The standard InChI is InChI=1S/C13H14ClNO3/c14-12-8-11(3-2-10(12)9-15)16-7-4-13-17-5-1-6-18-13/h2-3,8,13H,1,4-7H2. The van der Waals surface area contributed by atoms with Gasteiger partial charge in [0.1, 0.15) is 11.8 Å². The molecule has 1 saturated heterocycles. The maximum Gasteiger partial charge on any atom is 0.160 e. The molecular formula is C13H14ClNO3. The second kappa shape index (κ2) is 6.60. The Morgan fingerprint density at radius 1 is 1.39 bits per heavy atom. The SMILES string of the molecule is N#Cc1ccc(OCCC2OCCCO2)cc1Cl. The van der Waals surface area contributed by atoms with Crippen LogP contribution in [0.15, 0.2) is 18.2 Å². The van der Waals surface area contributed by atoms with Gasteiger partial charge in [-0.2, -0.15) is 5.26 Å². The number of ether oxygens (including phenoxy) is 3. The fourth-order valence-corrected chi connectivity index (χ4v) is 1.87. The first-order valence-corrected chi connectivity index (χ1v) is 6.23. The summed E-state index contributed by atoms with van der Waals surface area (Å²) in [6.07, 6.45) is 1.45. The summed E-state index contributed by atoms with van der Waals surface area (Å²) < 4.78 is 16.3. The van der Waals surface area contributed by atoms with E-state index in [1.165, 1.54) is 0 Å². The molecule has 1 aliphatic rings. The molecule has 2 rings (SSSR count). The van der Waals surface area contributed by atoms with Crippen molar-refractivity contribution in [3.05, 3.63) is 28.8 Å². The maximum absolute atomic E-state index is 8.75. The van der Waals surface area contributed by atoms with E-state index < -0.39 is 0 Å². The van der Waals surface area contributed by atoms with E-state index in [2.05, 4.69) is 0 Å². The molecule has 0 aliphatic carbocycles. The summed E-state index contributed by atoms with van der Waals surface area (Å²) in [5.74, 6) is 0.648. The molecule has 0 saturated carbocycles. The van der Waals surface area contributed by atoms with Gasteiger partial charge in [-0.25, -0.2) is 0 Å². The zero-order valence-electron chi connectivity index (χ0n) is 9.89. The van der Waals surface area contributed by atoms with Crippen molar-refractivity contribution in [3.8, 4) is 11.8 Å². The highest BCUT2D eigenvalue weighted by atomic mass is 35.5. The van der Waals surface area contributed by atoms with Gasteiger partial charge in [-0.05, 0) is 18.6 Å². The molecular weight excluding hydrogens is 254 g/mol. The van der Waals surface area contributed by atoms with Crippen LogP contribution in [-0.4, -0.2) is 26.1 Å². The quantitative estimate of drug-likeness (QED) is 0.842. The lowest BCUT2D eigenvalue weighted by molar-refractivity contribution is -0.183. The molecule has 1 aliphatic heterocycles. The summed E-state index contributed by atoms with van der Waals surface area (Å²) in [4.78, 5) is 0. The molecule has 96 valence electrons. The van der Waals surface area contributed by atoms with Crippen LogP contribution in [0.1, 0.15) is 18.4 Å². The lowest BCUT2D eigenvalue weighted by atomic mass is 10.2. The van der Waals surface area contributed by atoms with Gasteiger partial charge in [0.2, 0.25) is 0 Å². The molecule has 0 atom stereocenters. The average Bonchev–Trinajstić information content (AvgIpc) is 2.40. The highest BCUT2D eigenvalue weighted by Crippen LogP contribution is 2.22. The molecule has 0 amide bonds. The van der Waals surface area contributed by atoms with E-state index in [0.717, 1.165) is 19.6 Å². The minimum atomic E-state index is -0.174. The zero-order valence-corrected chi connectivity index (χ0v) is 10.7. The van der Waals surface area contributed by atoms with Gasteiger partial charge in [0.05, 0.1) is 30.4 Å². The van der Waals surface area contributed by atoms with Crippen LogP contribution in [0.25, 0.3) is 0 Å². The summed E-state index contributed by atoms with van der Waals surface area (Å²) in [6, 6.07) is 7.02. The third-order valence-corrected chi connectivity index (χ3v) is 2.89. The van der Waals surface area contributed by atoms with Gasteiger partial charge >= 0.3 is 0 Å². The molecule has 0 spiro atoms. The molecule has 0 N–H and O–H groups in total. The molecule has 1 aromatic rings. The largest absolute Gasteiger partial charge is 0.493 e. The molecule has 18 heavy (non-hydrogen) atoms. The monoisotopic (exact) mass is 267 g/mol. The van der Waals surface area contributed by atoms with E-state index in [4.69, 9.17) is 31.1 Å². The molecule has 0 radical (unpaired) electrons. The summed E-state index contributed by atoms with van der Waals surface area (Å²) in [5, 5.41) is 9.15. The Labute approximate surface area is 111 Å². The van der Waals surface area contributed by atoms with Gasteiger partial charge in [-0.15, -0.1) is 0 Å². The summed E-state index contributed by atoms with van der Waals surface area (Å²) >= 11 is 5.91. The number of halogens is 1. The van der Waals surface area contributed by atoms with Crippen LogP contribution in [0, 0.1) is 11.3 Å². The fraction of sp³-hybridized carbons (Fsp3) is 0.462.